The Morgan fingerprint density at radius 1 is 0.906 bits per heavy atom. The molecule has 0 aliphatic rings. The zero-order valence-corrected chi connectivity index (χ0v) is 17.4. The van der Waals surface area contributed by atoms with Crippen molar-refractivity contribution < 1.29 is 26.3 Å². The summed E-state index contributed by atoms with van der Waals surface area (Å²) in [5.74, 6) is 0. The molecule has 13 heteroatoms. The molecule has 166 valence electrons. The molecule has 2 aromatic heterocycles. The van der Waals surface area contributed by atoms with Gasteiger partial charge >= 0.3 is 12.4 Å². The highest BCUT2D eigenvalue weighted by atomic mass is 32.2. The maximum Gasteiger partial charge on any atom is 0.416 e. The fraction of sp³-hybridized carbons (Fsp3) is 0.158. The molecule has 0 spiro atoms. The van der Waals surface area contributed by atoms with Crippen LogP contribution in [-0.2, 0) is 18.9 Å². The number of benzene rings is 2. The number of hydrogen-bond acceptors (Lipinski definition) is 6. The highest BCUT2D eigenvalue weighted by Crippen LogP contribution is 2.39. The van der Waals surface area contributed by atoms with E-state index in [1.54, 1.807) is 0 Å². The molecule has 0 aliphatic heterocycles. The largest absolute Gasteiger partial charge is 0.416 e. The summed E-state index contributed by atoms with van der Waals surface area (Å²) in [6.07, 6.45) is -9.85. The van der Waals surface area contributed by atoms with Gasteiger partial charge in [-0.25, -0.2) is 4.98 Å². The number of aromatic nitrogens is 5. The van der Waals surface area contributed by atoms with Crippen LogP contribution in [0.3, 0.4) is 0 Å². The van der Waals surface area contributed by atoms with Gasteiger partial charge in [0.05, 0.1) is 23.4 Å². The molecular weight excluding hydrogens is 476 g/mol. The quantitative estimate of drug-likeness (QED) is 0.322. The van der Waals surface area contributed by atoms with Gasteiger partial charge in [0.25, 0.3) is 0 Å². The summed E-state index contributed by atoms with van der Waals surface area (Å²) >= 11 is 2.06. The molecule has 0 atom stereocenters. The van der Waals surface area contributed by atoms with Gasteiger partial charge in [-0.3, -0.25) is 0 Å². The van der Waals surface area contributed by atoms with Crippen molar-refractivity contribution in [2.45, 2.75) is 28.4 Å². The fourth-order valence-corrected chi connectivity index (χ4v) is 4.33. The van der Waals surface area contributed by atoms with Crippen LogP contribution in [0.2, 0.25) is 0 Å². The van der Waals surface area contributed by atoms with Crippen LogP contribution in [-0.4, -0.2) is 25.2 Å². The Balaban J connectivity index is 1.55. The first kappa shape index (κ1) is 22.3. The Kier molecular flexibility index (Phi) is 5.95. The van der Waals surface area contributed by atoms with E-state index in [0.717, 1.165) is 28.7 Å². The summed E-state index contributed by atoms with van der Waals surface area (Å²) in [7, 11) is 0. The number of halogens is 6. The molecule has 0 amide bonds. The number of tetrazole rings is 1. The third-order valence-electron chi connectivity index (χ3n) is 4.15. The molecule has 0 aliphatic carbocycles. The first-order valence-corrected chi connectivity index (χ1v) is 10.5. The van der Waals surface area contributed by atoms with Crippen LogP contribution in [0, 0.1) is 0 Å². The average Bonchev–Trinajstić information content (AvgIpc) is 3.37. The molecule has 0 radical (unpaired) electrons. The Labute approximate surface area is 185 Å². The molecule has 0 bridgehead atoms. The maximum absolute atomic E-state index is 13.1. The molecule has 5 nitrogen and oxygen atoms in total. The minimum Gasteiger partial charge on any atom is -0.229 e. The predicted octanol–water partition coefficient (Wildman–Crippen LogP) is 6.03. The van der Waals surface area contributed by atoms with E-state index in [0.29, 0.717) is 23.0 Å². The van der Waals surface area contributed by atoms with Crippen LogP contribution in [0.5, 0.6) is 0 Å². The van der Waals surface area contributed by atoms with Crippen molar-refractivity contribution in [3.05, 3.63) is 70.6 Å². The lowest BCUT2D eigenvalue weighted by Gasteiger charge is -2.13. The second-order valence-electron chi connectivity index (χ2n) is 6.48. The summed E-state index contributed by atoms with van der Waals surface area (Å²) in [5.41, 5.74) is -2.12. The topological polar surface area (TPSA) is 56.5 Å². The van der Waals surface area contributed by atoms with Crippen LogP contribution in [0.25, 0.3) is 11.3 Å². The van der Waals surface area contributed by atoms with Crippen LogP contribution in [0.15, 0.2) is 63.4 Å². The van der Waals surface area contributed by atoms with Crippen molar-refractivity contribution >= 4 is 23.1 Å². The SMILES string of the molecule is FC(F)(F)c1cc(-c2csc(Sc3nnn(Cc4ccccc4)n3)n2)cc(C(F)(F)F)c1. The third-order valence-corrected chi connectivity index (χ3v) is 5.93. The minimum absolute atomic E-state index is 0.00854. The molecular formula is C19H11F6N5S2. The van der Waals surface area contributed by atoms with E-state index in [4.69, 9.17) is 0 Å². The second kappa shape index (κ2) is 8.54. The third kappa shape index (κ3) is 5.27. The summed E-state index contributed by atoms with van der Waals surface area (Å²) < 4.78 is 78.9. The van der Waals surface area contributed by atoms with Gasteiger partial charge in [-0.2, -0.15) is 31.1 Å². The maximum atomic E-state index is 13.1. The molecule has 32 heavy (non-hydrogen) atoms. The average molecular weight is 487 g/mol. The summed E-state index contributed by atoms with van der Waals surface area (Å²) in [4.78, 5) is 5.51. The van der Waals surface area contributed by atoms with Gasteiger partial charge in [-0.15, -0.1) is 21.5 Å². The van der Waals surface area contributed by atoms with E-state index in [2.05, 4.69) is 20.4 Å². The van der Waals surface area contributed by atoms with Crippen molar-refractivity contribution in [2.24, 2.45) is 0 Å². The first-order valence-electron chi connectivity index (χ1n) is 8.83. The van der Waals surface area contributed by atoms with Gasteiger partial charge in [0.2, 0.25) is 5.16 Å². The molecule has 0 unspecified atom stereocenters. The van der Waals surface area contributed by atoms with Crippen molar-refractivity contribution in [1.82, 2.24) is 25.2 Å². The molecule has 4 aromatic rings. The first-order chi connectivity index (χ1) is 15.1. The van der Waals surface area contributed by atoms with Gasteiger partial charge in [0, 0.05) is 10.9 Å². The Morgan fingerprint density at radius 3 is 2.19 bits per heavy atom. The highest BCUT2D eigenvalue weighted by molar-refractivity contribution is 8.00. The summed E-state index contributed by atoms with van der Waals surface area (Å²) in [5, 5.41) is 13.7. The van der Waals surface area contributed by atoms with E-state index in [1.807, 2.05) is 30.3 Å². The number of hydrogen-bond donors (Lipinski definition) is 0. The fourth-order valence-electron chi connectivity index (χ4n) is 2.70. The number of nitrogens with zero attached hydrogens (tertiary/aromatic N) is 5. The molecule has 4 rings (SSSR count). The zero-order chi connectivity index (χ0) is 22.9. The summed E-state index contributed by atoms with van der Waals surface area (Å²) in [6.45, 7) is 0.391. The summed E-state index contributed by atoms with van der Waals surface area (Å²) in [6, 6.07) is 10.8. The van der Waals surface area contributed by atoms with Crippen molar-refractivity contribution in [2.75, 3.05) is 0 Å². The molecule has 0 fully saturated rings. The molecule has 0 saturated heterocycles. The number of alkyl halides is 6. The van der Waals surface area contributed by atoms with E-state index >= 15 is 0 Å². The lowest BCUT2D eigenvalue weighted by molar-refractivity contribution is -0.143. The second-order valence-corrected chi connectivity index (χ2v) is 8.56. The Hall–Kier alpha value is -2.93. The molecule has 2 heterocycles. The standard InChI is InChI=1S/C19H11F6N5S2/c20-18(21,22)13-6-12(7-14(8-13)19(23,24)25)15-10-31-17(26-15)32-16-27-29-30(28-16)9-11-4-2-1-3-5-11/h1-8,10H,9H2. The Morgan fingerprint density at radius 2 is 1.56 bits per heavy atom. The van der Waals surface area contributed by atoms with E-state index in [1.165, 1.54) is 10.2 Å². The normalized spacial score (nSPS) is 12.3. The zero-order valence-electron chi connectivity index (χ0n) is 15.7. The molecule has 0 saturated carbocycles. The van der Waals surface area contributed by atoms with Crippen LogP contribution in [0.4, 0.5) is 26.3 Å². The van der Waals surface area contributed by atoms with Gasteiger partial charge in [-0.1, -0.05) is 30.3 Å². The lowest BCUT2D eigenvalue weighted by atomic mass is 10.0. The van der Waals surface area contributed by atoms with Gasteiger partial charge < -0.3 is 0 Å². The van der Waals surface area contributed by atoms with Crippen molar-refractivity contribution in [3.8, 4) is 11.3 Å². The molecule has 0 N–H and O–H groups in total. The van der Waals surface area contributed by atoms with Gasteiger partial charge in [0.1, 0.15) is 0 Å². The Bertz CT molecular complexity index is 1180. The predicted molar refractivity (Wildman–Crippen MR) is 105 cm³/mol. The van der Waals surface area contributed by atoms with Gasteiger partial charge in [-0.05, 0) is 40.7 Å². The van der Waals surface area contributed by atoms with Crippen molar-refractivity contribution in [1.29, 1.82) is 0 Å². The van der Waals surface area contributed by atoms with E-state index in [9.17, 15) is 26.3 Å². The lowest BCUT2D eigenvalue weighted by Crippen LogP contribution is -2.11. The number of rotatable bonds is 5. The minimum atomic E-state index is -4.93. The highest BCUT2D eigenvalue weighted by Gasteiger charge is 2.37. The van der Waals surface area contributed by atoms with Gasteiger partial charge in [0.15, 0.2) is 4.34 Å². The van der Waals surface area contributed by atoms with Crippen molar-refractivity contribution in [3.63, 3.8) is 0 Å². The number of thiazole rings is 1. The van der Waals surface area contributed by atoms with Crippen LogP contribution in [0.1, 0.15) is 16.7 Å². The van der Waals surface area contributed by atoms with Crippen LogP contribution >= 0.6 is 23.1 Å². The monoisotopic (exact) mass is 487 g/mol. The smallest absolute Gasteiger partial charge is 0.229 e. The van der Waals surface area contributed by atoms with E-state index < -0.39 is 23.5 Å². The molecule has 2 aromatic carbocycles. The van der Waals surface area contributed by atoms with Crippen LogP contribution < -0.4 is 0 Å². The van der Waals surface area contributed by atoms with E-state index in [-0.39, 0.29) is 22.5 Å².